The fraction of sp³-hybridized carbons (Fsp3) is 0.471. The highest BCUT2D eigenvalue weighted by molar-refractivity contribution is 6.04. The standard InChI is InChI=1S/C17H24N2O4/c1-5-19(6-2)15(21)12-9-7-8-10-13(12)18-14(20)11-17(3,4)16(22)23/h7-10H,5-6,11H2,1-4H3,(H,18,20)(H,22,23). The summed E-state index contributed by atoms with van der Waals surface area (Å²) in [5, 5.41) is 11.8. The van der Waals surface area contributed by atoms with Crippen LogP contribution in [0, 0.1) is 5.41 Å². The van der Waals surface area contributed by atoms with Gasteiger partial charge < -0.3 is 15.3 Å². The smallest absolute Gasteiger partial charge is 0.309 e. The van der Waals surface area contributed by atoms with Crippen molar-refractivity contribution in [3.8, 4) is 0 Å². The average molecular weight is 320 g/mol. The Morgan fingerprint density at radius 1 is 1.13 bits per heavy atom. The van der Waals surface area contributed by atoms with Gasteiger partial charge in [-0.15, -0.1) is 0 Å². The minimum atomic E-state index is -1.16. The molecule has 0 aliphatic heterocycles. The van der Waals surface area contributed by atoms with Crippen molar-refractivity contribution in [3.05, 3.63) is 29.8 Å². The Kier molecular flexibility index (Phi) is 6.30. The van der Waals surface area contributed by atoms with Gasteiger partial charge in [0.05, 0.1) is 16.7 Å². The lowest BCUT2D eigenvalue weighted by Crippen LogP contribution is -2.32. The maximum Gasteiger partial charge on any atom is 0.309 e. The molecule has 0 aliphatic carbocycles. The van der Waals surface area contributed by atoms with E-state index in [0.29, 0.717) is 24.3 Å². The fourth-order valence-electron chi connectivity index (χ4n) is 2.13. The van der Waals surface area contributed by atoms with E-state index in [-0.39, 0.29) is 12.3 Å². The molecule has 0 unspecified atom stereocenters. The molecule has 2 N–H and O–H groups in total. The van der Waals surface area contributed by atoms with Crippen LogP contribution in [0.2, 0.25) is 0 Å². The monoisotopic (exact) mass is 320 g/mol. The minimum Gasteiger partial charge on any atom is -0.481 e. The van der Waals surface area contributed by atoms with Crippen LogP contribution in [0.25, 0.3) is 0 Å². The number of carboxylic acid groups (broad SMARTS) is 1. The van der Waals surface area contributed by atoms with Crippen LogP contribution in [0.5, 0.6) is 0 Å². The molecule has 0 aliphatic rings. The SMILES string of the molecule is CCN(CC)C(=O)c1ccccc1NC(=O)CC(C)(C)C(=O)O. The van der Waals surface area contributed by atoms with Crippen LogP contribution in [0.3, 0.4) is 0 Å². The van der Waals surface area contributed by atoms with Gasteiger partial charge in [0.25, 0.3) is 5.91 Å². The summed E-state index contributed by atoms with van der Waals surface area (Å²) >= 11 is 0. The molecule has 0 fully saturated rings. The van der Waals surface area contributed by atoms with Crippen molar-refractivity contribution in [2.45, 2.75) is 34.1 Å². The Morgan fingerprint density at radius 2 is 1.70 bits per heavy atom. The second-order valence-electron chi connectivity index (χ2n) is 5.94. The highest BCUT2D eigenvalue weighted by Gasteiger charge is 2.30. The number of rotatable bonds is 7. The van der Waals surface area contributed by atoms with Crippen LogP contribution >= 0.6 is 0 Å². The number of amides is 2. The summed E-state index contributed by atoms with van der Waals surface area (Å²) in [5.74, 6) is -1.64. The van der Waals surface area contributed by atoms with E-state index in [2.05, 4.69) is 5.32 Å². The summed E-state index contributed by atoms with van der Waals surface area (Å²) in [6.45, 7) is 7.90. The van der Waals surface area contributed by atoms with Gasteiger partial charge in [-0.05, 0) is 39.8 Å². The molecule has 6 heteroatoms. The first-order valence-electron chi connectivity index (χ1n) is 7.64. The van der Waals surface area contributed by atoms with Crippen LogP contribution in [0.15, 0.2) is 24.3 Å². The van der Waals surface area contributed by atoms with E-state index in [9.17, 15) is 14.4 Å². The van der Waals surface area contributed by atoms with Crippen molar-refractivity contribution >= 4 is 23.5 Å². The lowest BCUT2D eigenvalue weighted by Gasteiger charge is -2.21. The van der Waals surface area contributed by atoms with E-state index in [1.165, 1.54) is 13.8 Å². The number of carbonyl (C=O) groups is 3. The van der Waals surface area contributed by atoms with E-state index in [0.717, 1.165) is 0 Å². The highest BCUT2D eigenvalue weighted by atomic mass is 16.4. The molecule has 23 heavy (non-hydrogen) atoms. The maximum absolute atomic E-state index is 12.5. The molecule has 1 aromatic rings. The Hall–Kier alpha value is -2.37. The van der Waals surface area contributed by atoms with E-state index in [1.807, 2.05) is 13.8 Å². The third-order valence-electron chi connectivity index (χ3n) is 3.66. The number of aliphatic carboxylic acids is 1. The van der Waals surface area contributed by atoms with E-state index in [1.54, 1.807) is 29.2 Å². The van der Waals surface area contributed by atoms with Gasteiger partial charge in [0, 0.05) is 19.5 Å². The van der Waals surface area contributed by atoms with Crippen molar-refractivity contribution in [1.29, 1.82) is 0 Å². The largest absolute Gasteiger partial charge is 0.481 e. The minimum absolute atomic E-state index is 0.164. The molecule has 0 aromatic heterocycles. The summed E-state index contributed by atoms with van der Waals surface area (Å²) in [5.41, 5.74) is -0.365. The number of nitrogens with zero attached hydrogens (tertiary/aromatic N) is 1. The average Bonchev–Trinajstić information content (AvgIpc) is 2.48. The normalized spacial score (nSPS) is 11.0. The van der Waals surface area contributed by atoms with Crippen molar-refractivity contribution in [2.75, 3.05) is 18.4 Å². The number of para-hydroxylation sites is 1. The van der Waals surface area contributed by atoms with Crippen molar-refractivity contribution in [1.82, 2.24) is 4.90 Å². The first-order chi connectivity index (χ1) is 10.7. The Labute approximate surface area is 136 Å². The van der Waals surface area contributed by atoms with Gasteiger partial charge in [-0.1, -0.05) is 12.1 Å². The number of nitrogens with one attached hydrogen (secondary N) is 1. The predicted octanol–water partition coefficient (Wildman–Crippen LogP) is 2.61. The molecule has 1 rings (SSSR count). The summed E-state index contributed by atoms with van der Waals surface area (Å²) < 4.78 is 0. The molecule has 126 valence electrons. The number of hydrogen-bond acceptors (Lipinski definition) is 3. The Bertz CT molecular complexity index is 592. The molecule has 0 saturated heterocycles. The summed E-state index contributed by atoms with van der Waals surface area (Å²) in [4.78, 5) is 37.4. The predicted molar refractivity (Wildman–Crippen MR) is 88.4 cm³/mol. The van der Waals surface area contributed by atoms with Gasteiger partial charge in [0.1, 0.15) is 0 Å². The number of benzene rings is 1. The van der Waals surface area contributed by atoms with Gasteiger partial charge >= 0.3 is 5.97 Å². The van der Waals surface area contributed by atoms with Gasteiger partial charge in [0.2, 0.25) is 5.91 Å². The Morgan fingerprint density at radius 3 is 2.22 bits per heavy atom. The quantitative estimate of drug-likeness (QED) is 0.808. The van der Waals surface area contributed by atoms with Crippen molar-refractivity contribution in [3.63, 3.8) is 0 Å². The first-order valence-corrected chi connectivity index (χ1v) is 7.64. The molecule has 6 nitrogen and oxygen atoms in total. The van der Waals surface area contributed by atoms with Crippen LogP contribution in [0.1, 0.15) is 44.5 Å². The lowest BCUT2D eigenvalue weighted by molar-refractivity contribution is -0.148. The molecule has 0 spiro atoms. The molecular formula is C17H24N2O4. The summed E-state index contributed by atoms with van der Waals surface area (Å²) in [6, 6.07) is 6.74. The second-order valence-corrected chi connectivity index (χ2v) is 5.94. The van der Waals surface area contributed by atoms with Gasteiger partial charge in [-0.25, -0.2) is 0 Å². The van der Waals surface area contributed by atoms with Crippen LogP contribution in [-0.4, -0.2) is 40.9 Å². The van der Waals surface area contributed by atoms with E-state index >= 15 is 0 Å². The number of carbonyl (C=O) groups excluding carboxylic acids is 2. The fourth-order valence-corrected chi connectivity index (χ4v) is 2.13. The number of anilines is 1. The zero-order valence-electron chi connectivity index (χ0n) is 14.0. The lowest BCUT2D eigenvalue weighted by atomic mass is 9.89. The van der Waals surface area contributed by atoms with Crippen molar-refractivity contribution < 1.29 is 19.5 Å². The third-order valence-corrected chi connectivity index (χ3v) is 3.66. The molecule has 0 radical (unpaired) electrons. The van der Waals surface area contributed by atoms with Crippen LogP contribution in [0.4, 0.5) is 5.69 Å². The van der Waals surface area contributed by atoms with Crippen molar-refractivity contribution in [2.24, 2.45) is 5.41 Å². The van der Waals surface area contributed by atoms with Gasteiger partial charge in [0.15, 0.2) is 0 Å². The molecule has 2 amide bonds. The molecule has 1 aromatic carbocycles. The molecule has 0 saturated carbocycles. The first kappa shape index (κ1) is 18.7. The van der Waals surface area contributed by atoms with Gasteiger partial charge in [-0.3, -0.25) is 14.4 Å². The summed E-state index contributed by atoms with van der Waals surface area (Å²) in [6.07, 6.45) is -0.171. The topological polar surface area (TPSA) is 86.7 Å². The molecular weight excluding hydrogens is 296 g/mol. The molecule has 0 heterocycles. The number of carboxylic acids is 1. The maximum atomic E-state index is 12.5. The van der Waals surface area contributed by atoms with E-state index < -0.39 is 17.3 Å². The second kappa shape index (κ2) is 7.76. The van der Waals surface area contributed by atoms with Crippen LogP contribution in [-0.2, 0) is 9.59 Å². The van der Waals surface area contributed by atoms with E-state index in [4.69, 9.17) is 5.11 Å². The molecule has 0 bridgehead atoms. The zero-order valence-corrected chi connectivity index (χ0v) is 14.0. The van der Waals surface area contributed by atoms with Gasteiger partial charge in [-0.2, -0.15) is 0 Å². The third kappa shape index (κ3) is 4.81. The zero-order chi connectivity index (χ0) is 17.6. The summed E-state index contributed by atoms with van der Waals surface area (Å²) in [7, 11) is 0. The Balaban J connectivity index is 2.96. The number of hydrogen-bond donors (Lipinski definition) is 2. The highest BCUT2D eigenvalue weighted by Crippen LogP contribution is 2.23. The molecule has 0 atom stereocenters. The van der Waals surface area contributed by atoms with Crippen LogP contribution < -0.4 is 5.32 Å².